The minimum Gasteiger partial charge on any atom is -0.344 e. The molecule has 2 aromatic carbocycles. The molecule has 118 valence electrons. The van der Waals surface area contributed by atoms with Gasteiger partial charge in [-0.2, -0.15) is 0 Å². The summed E-state index contributed by atoms with van der Waals surface area (Å²) in [7, 11) is 3.81. The molecule has 2 unspecified atom stereocenters. The first-order valence-electron chi connectivity index (χ1n) is 7.59. The number of halogens is 1. The van der Waals surface area contributed by atoms with Crippen molar-refractivity contribution in [1.29, 1.82) is 0 Å². The second-order valence-corrected chi connectivity index (χ2v) is 5.88. The van der Waals surface area contributed by atoms with Crippen molar-refractivity contribution in [2.45, 2.75) is 12.3 Å². The van der Waals surface area contributed by atoms with Gasteiger partial charge in [-0.1, -0.05) is 42.5 Å². The van der Waals surface area contributed by atoms with E-state index in [1.165, 1.54) is 16.3 Å². The van der Waals surface area contributed by atoms with Crippen LogP contribution in [0.25, 0.3) is 10.8 Å². The summed E-state index contributed by atoms with van der Waals surface area (Å²) in [6, 6.07) is 14.8. The second kappa shape index (κ2) is 7.12. The number of carbonyl (C=O) groups is 1. The lowest BCUT2D eigenvalue weighted by atomic mass is 10.00. The molecule has 3 nitrogen and oxygen atoms in total. The first-order chi connectivity index (χ1) is 10.2. The Morgan fingerprint density at radius 1 is 1.23 bits per heavy atom. The van der Waals surface area contributed by atoms with Crippen LogP contribution in [0.3, 0.4) is 0 Å². The number of rotatable bonds is 5. The largest absolute Gasteiger partial charge is 0.344 e. The van der Waals surface area contributed by atoms with E-state index in [4.69, 9.17) is 0 Å². The highest BCUT2D eigenvalue weighted by Gasteiger charge is 2.45. The summed E-state index contributed by atoms with van der Waals surface area (Å²) in [5.41, 5.74) is 1.33. The molecule has 0 heterocycles. The van der Waals surface area contributed by atoms with Crippen LogP contribution in [0.1, 0.15) is 17.9 Å². The Morgan fingerprint density at radius 3 is 2.73 bits per heavy atom. The van der Waals surface area contributed by atoms with Gasteiger partial charge >= 0.3 is 0 Å². The minimum atomic E-state index is 0. The van der Waals surface area contributed by atoms with Crippen LogP contribution in [0.5, 0.6) is 0 Å². The fourth-order valence-corrected chi connectivity index (χ4v) is 3.06. The summed E-state index contributed by atoms with van der Waals surface area (Å²) >= 11 is 0. The molecule has 0 radical (unpaired) electrons. The predicted molar refractivity (Wildman–Crippen MR) is 93.6 cm³/mol. The monoisotopic (exact) mass is 318 g/mol. The van der Waals surface area contributed by atoms with Crippen LogP contribution >= 0.6 is 12.4 Å². The fourth-order valence-electron chi connectivity index (χ4n) is 3.06. The number of hydrogen-bond acceptors (Lipinski definition) is 2. The lowest BCUT2D eigenvalue weighted by molar-refractivity contribution is -0.131. The zero-order valence-corrected chi connectivity index (χ0v) is 13.9. The first-order valence-corrected chi connectivity index (χ1v) is 7.59. The summed E-state index contributed by atoms with van der Waals surface area (Å²) < 4.78 is 0. The summed E-state index contributed by atoms with van der Waals surface area (Å²) in [5.74, 6) is 0.835. The molecule has 1 saturated carbocycles. The molecule has 1 aliphatic rings. The number of likely N-dealkylation sites (N-methyl/N-ethyl adjacent to an activating group) is 2. The molecule has 2 atom stereocenters. The van der Waals surface area contributed by atoms with Gasteiger partial charge in [0.25, 0.3) is 0 Å². The van der Waals surface area contributed by atoms with E-state index >= 15 is 0 Å². The van der Waals surface area contributed by atoms with Gasteiger partial charge in [0.1, 0.15) is 0 Å². The van der Waals surface area contributed by atoms with Gasteiger partial charge in [0.05, 0.1) is 0 Å². The summed E-state index contributed by atoms with van der Waals surface area (Å²) in [4.78, 5) is 14.3. The fraction of sp³-hybridized carbons (Fsp3) is 0.389. The Kier molecular flexibility index (Phi) is 5.43. The number of nitrogens with zero attached hydrogens (tertiary/aromatic N) is 1. The molecule has 1 fully saturated rings. The van der Waals surface area contributed by atoms with Crippen LogP contribution in [0.2, 0.25) is 0 Å². The van der Waals surface area contributed by atoms with E-state index in [2.05, 4.69) is 47.8 Å². The number of nitrogens with one attached hydrogen (secondary N) is 1. The molecule has 3 rings (SSSR count). The van der Waals surface area contributed by atoms with E-state index in [1.807, 2.05) is 19.0 Å². The van der Waals surface area contributed by atoms with Crippen LogP contribution < -0.4 is 5.32 Å². The average molecular weight is 319 g/mol. The Hall–Kier alpha value is -1.58. The molecule has 22 heavy (non-hydrogen) atoms. The van der Waals surface area contributed by atoms with E-state index in [9.17, 15) is 4.79 Å². The van der Waals surface area contributed by atoms with Crippen molar-refractivity contribution in [3.63, 3.8) is 0 Å². The number of hydrogen-bond donors (Lipinski definition) is 1. The highest BCUT2D eigenvalue weighted by molar-refractivity contribution is 5.89. The maximum atomic E-state index is 12.4. The third kappa shape index (κ3) is 3.26. The Labute approximate surface area is 138 Å². The smallest absolute Gasteiger partial charge is 0.226 e. The van der Waals surface area contributed by atoms with E-state index in [0.717, 1.165) is 19.5 Å². The molecule has 2 aromatic rings. The SMILES string of the molecule is CNCCN(C)C(=O)C1CC1c1cccc2ccccc12.Cl. The number of amides is 1. The molecular formula is C18H23ClN2O. The quantitative estimate of drug-likeness (QED) is 0.919. The molecule has 0 saturated heterocycles. The molecule has 4 heteroatoms. The molecule has 0 aliphatic heterocycles. The molecule has 1 aliphatic carbocycles. The zero-order chi connectivity index (χ0) is 14.8. The van der Waals surface area contributed by atoms with Crippen LogP contribution in [0.4, 0.5) is 0 Å². The maximum Gasteiger partial charge on any atom is 0.226 e. The van der Waals surface area contributed by atoms with E-state index in [1.54, 1.807) is 0 Å². The van der Waals surface area contributed by atoms with Gasteiger partial charge in [-0.05, 0) is 35.7 Å². The van der Waals surface area contributed by atoms with Crippen LogP contribution in [0.15, 0.2) is 42.5 Å². The van der Waals surface area contributed by atoms with Gasteiger partial charge in [-0.25, -0.2) is 0 Å². The zero-order valence-electron chi connectivity index (χ0n) is 13.1. The number of carbonyl (C=O) groups excluding carboxylic acids is 1. The van der Waals surface area contributed by atoms with E-state index in [-0.39, 0.29) is 24.2 Å². The Balaban J connectivity index is 0.00000176. The normalized spacial score (nSPS) is 19.5. The van der Waals surface area contributed by atoms with Crippen LogP contribution in [-0.2, 0) is 4.79 Å². The Morgan fingerprint density at radius 2 is 1.95 bits per heavy atom. The average Bonchev–Trinajstić information content (AvgIpc) is 3.31. The second-order valence-electron chi connectivity index (χ2n) is 5.88. The van der Waals surface area contributed by atoms with Crippen LogP contribution in [0, 0.1) is 5.92 Å². The summed E-state index contributed by atoms with van der Waals surface area (Å²) in [6.45, 7) is 1.61. The van der Waals surface area contributed by atoms with Gasteiger partial charge < -0.3 is 10.2 Å². The molecule has 0 spiro atoms. The lowest BCUT2D eigenvalue weighted by Crippen LogP contribution is -2.34. The number of fused-ring (bicyclic) bond motifs is 1. The molecule has 1 amide bonds. The highest BCUT2D eigenvalue weighted by atomic mass is 35.5. The van der Waals surface area contributed by atoms with Crippen molar-refractivity contribution in [2.24, 2.45) is 5.92 Å². The maximum absolute atomic E-state index is 12.4. The van der Waals surface area contributed by atoms with Crippen molar-refractivity contribution in [3.05, 3.63) is 48.0 Å². The predicted octanol–water partition coefficient (Wildman–Crippen LogP) is 3.04. The van der Waals surface area contributed by atoms with Crippen molar-refractivity contribution < 1.29 is 4.79 Å². The Bertz CT molecular complexity index is 653. The molecular weight excluding hydrogens is 296 g/mol. The van der Waals surface area contributed by atoms with E-state index < -0.39 is 0 Å². The van der Waals surface area contributed by atoms with Crippen molar-refractivity contribution >= 4 is 29.1 Å². The number of benzene rings is 2. The minimum absolute atomic E-state index is 0. The van der Waals surface area contributed by atoms with Gasteiger partial charge in [0.2, 0.25) is 5.91 Å². The van der Waals surface area contributed by atoms with Gasteiger partial charge in [-0.15, -0.1) is 12.4 Å². The highest BCUT2D eigenvalue weighted by Crippen LogP contribution is 2.50. The van der Waals surface area contributed by atoms with Crippen molar-refractivity contribution in [1.82, 2.24) is 10.2 Å². The topological polar surface area (TPSA) is 32.3 Å². The summed E-state index contributed by atoms with van der Waals surface area (Å²) in [5, 5.41) is 5.64. The lowest BCUT2D eigenvalue weighted by Gasteiger charge is -2.17. The summed E-state index contributed by atoms with van der Waals surface area (Å²) in [6.07, 6.45) is 0.983. The standard InChI is InChI=1S/C18H22N2O.ClH/c1-19-10-11-20(2)18(21)17-12-16(17)15-9-5-7-13-6-3-4-8-14(13)15;/h3-9,16-17,19H,10-12H2,1-2H3;1H. The van der Waals surface area contributed by atoms with Gasteiger partial charge in [-0.3, -0.25) is 4.79 Å². The third-order valence-corrected chi connectivity index (χ3v) is 4.40. The van der Waals surface area contributed by atoms with Crippen molar-refractivity contribution in [3.8, 4) is 0 Å². The van der Waals surface area contributed by atoms with Gasteiger partial charge in [0, 0.05) is 26.1 Å². The molecule has 0 bridgehead atoms. The third-order valence-electron chi connectivity index (χ3n) is 4.40. The first kappa shape index (κ1) is 16.8. The van der Waals surface area contributed by atoms with Crippen molar-refractivity contribution in [2.75, 3.05) is 27.2 Å². The van der Waals surface area contributed by atoms with E-state index in [0.29, 0.717) is 5.92 Å². The van der Waals surface area contributed by atoms with Crippen LogP contribution in [-0.4, -0.2) is 38.0 Å². The van der Waals surface area contributed by atoms with Gasteiger partial charge in [0.15, 0.2) is 0 Å². The molecule has 1 N–H and O–H groups in total. The molecule has 0 aromatic heterocycles.